The van der Waals surface area contributed by atoms with Gasteiger partial charge in [-0.25, -0.2) is 0 Å². The summed E-state index contributed by atoms with van der Waals surface area (Å²) in [6.07, 6.45) is 12.2. The number of hydrogen-bond acceptors (Lipinski definition) is 6. The van der Waals surface area contributed by atoms with Crippen LogP contribution in [-0.4, -0.2) is 75.8 Å². The van der Waals surface area contributed by atoms with E-state index in [9.17, 15) is 0 Å². The number of aliphatic hydroxyl groups is 6. The van der Waals surface area contributed by atoms with E-state index in [1.807, 2.05) is 0 Å². The zero-order valence-electron chi connectivity index (χ0n) is 22.9. The minimum Gasteiger partial charge on any atom is -0.412 e. The van der Waals surface area contributed by atoms with Gasteiger partial charge in [0, 0.05) is 83.1 Å². The number of rotatable bonds is 12. The second-order valence-electron chi connectivity index (χ2n) is 6.46. The summed E-state index contributed by atoms with van der Waals surface area (Å²) < 4.78 is 0. The van der Waals surface area contributed by atoms with Gasteiger partial charge in [-0.1, -0.05) is 80.1 Å². The van der Waals surface area contributed by atoms with E-state index < -0.39 is 0 Å². The molecule has 0 atom stereocenters. The zero-order valence-corrected chi connectivity index (χ0v) is 26.0. The van der Waals surface area contributed by atoms with E-state index >= 15 is 0 Å². The van der Waals surface area contributed by atoms with Crippen molar-refractivity contribution in [1.82, 2.24) is 0 Å². The third kappa shape index (κ3) is 186. The maximum atomic E-state index is 8.07. The van der Waals surface area contributed by atoms with Crippen molar-refractivity contribution >= 4 is 0 Å². The third-order valence-electron chi connectivity index (χ3n) is 3.07. The van der Waals surface area contributed by atoms with Crippen molar-refractivity contribution in [2.24, 2.45) is 0 Å². The Kier molecular flexibility index (Phi) is 168. The molecule has 9 heteroatoms. The molecule has 8 N–H and O–H groups in total. The van der Waals surface area contributed by atoms with Crippen LogP contribution in [0.2, 0.25) is 0 Å². The van der Waals surface area contributed by atoms with Crippen LogP contribution in [0.25, 0.3) is 0 Å². The Bertz CT molecular complexity index is 126. The number of hydrogen-bond donors (Lipinski definition) is 6. The van der Waals surface area contributed by atoms with Crippen LogP contribution < -0.4 is 0 Å². The molecule has 0 aromatic rings. The van der Waals surface area contributed by atoms with Gasteiger partial charge in [0.15, 0.2) is 0 Å². The van der Waals surface area contributed by atoms with E-state index in [-0.39, 0.29) is 48.9 Å². The van der Waals surface area contributed by atoms with Crippen molar-refractivity contribution < 1.29 is 79.6 Å². The van der Waals surface area contributed by atoms with E-state index in [2.05, 4.69) is 41.5 Å². The second-order valence-corrected chi connectivity index (χ2v) is 6.46. The van der Waals surface area contributed by atoms with E-state index in [1.165, 1.54) is 0 Å². The smallest absolute Gasteiger partial charge is 0.0430 e. The Morgan fingerprint density at radius 1 is 0.303 bits per heavy atom. The van der Waals surface area contributed by atoms with Gasteiger partial charge in [0.1, 0.15) is 0 Å². The molecule has 0 radical (unpaired) electrons. The molecule has 0 unspecified atom stereocenters. The molecular weight excluding hydrogens is 496 g/mol. The summed E-state index contributed by atoms with van der Waals surface area (Å²) in [7, 11) is 0. The fourth-order valence-electron chi connectivity index (χ4n) is 0.949. The Labute approximate surface area is 236 Å². The molecule has 0 bridgehead atoms. The Morgan fingerprint density at radius 3 is 0.394 bits per heavy atom. The molecule has 0 aliphatic carbocycles. The fraction of sp³-hybridized carbons (Fsp3) is 1.00. The van der Waals surface area contributed by atoms with Gasteiger partial charge < -0.3 is 36.1 Å². The molecule has 7 nitrogen and oxygen atoms in total. The van der Waals surface area contributed by atoms with Crippen molar-refractivity contribution in [2.45, 2.75) is 119 Å². The maximum Gasteiger partial charge on any atom is 0.0430 e. The molecule has 0 rings (SSSR count). The van der Waals surface area contributed by atoms with Gasteiger partial charge >= 0.3 is 0 Å². The van der Waals surface area contributed by atoms with Gasteiger partial charge in [0.25, 0.3) is 0 Å². The Balaban J connectivity index is -0.0000000294. The van der Waals surface area contributed by atoms with Crippen molar-refractivity contribution in [3.8, 4) is 0 Å². The molecule has 0 aliphatic heterocycles. The molecule has 0 spiro atoms. The topological polar surface area (TPSA) is 153 Å². The molecule has 0 fully saturated rings. The molecular formula is C24H62O7Ti2. The van der Waals surface area contributed by atoms with Crippen LogP contribution in [0.5, 0.6) is 0 Å². The molecule has 0 saturated carbocycles. The van der Waals surface area contributed by atoms with Crippen molar-refractivity contribution in [3.63, 3.8) is 0 Å². The zero-order chi connectivity index (χ0) is 24.7. The first-order valence-corrected chi connectivity index (χ1v) is 12.1. The summed E-state index contributed by atoms with van der Waals surface area (Å²) in [6.45, 7) is 14.4. The maximum absolute atomic E-state index is 8.07. The first-order chi connectivity index (χ1) is 14.5. The summed E-state index contributed by atoms with van der Waals surface area (Å²) in [4.78, 5) is 0. The SMILES string of the molecule is CCCCO.CCCCO.CCCCO.CCCCO.CCCCO.CCCCO.O.[Ti].[Ti]. The summed E-state index contributed by atoms with van der Waals surface area (Å²) in [5, 5.41) is 48.4. The van der Waals surface area contributed by atoms with Gasteiger partial charge in [-0.2, -0.15) is 0 Å². The molecule has 0 aliphatic rings. The average molecular weight is 558 g/mol. The van der Waals surface area contributed by atoms with E-state index in [0.717, 1.165) is 77.0 Å². The monoisotopic (exact) mass is 558 g/mol. The van der Waals surface area contributed by atoms with Crippen molar-refractivity contribution in [1.29, 1.82) is 0 Å². The van der Waals surface area contributed by atoms with Crippen molar-refractivity contribution in [3.05, 3.63) is 0 Å². The molecule has 0 aromatic carbocycles. The van der Waals surface area contributed by atoms with E-state index in [0.29, 0.717) is 39.6 Å². The standard InChI is InChI=1S/6C4H10O.H2O.2Ti/c6*1-2-3-4-5;;;/h6*5H,2-4H2,1H3;1H2;;. The minimum absolute atomic E-state index is 0. The van der Waals surface area contributed by atoms with Gasteiger partial charge in [-0.15, -0.1) is 0 Å². The largest absolute Gasteiger partial charge is 0.412 e. The molecule has 0 heterocycles. The quantitative estimate of drug-likeness (QED) is 0.200. The van der Waals surface area contributed by atoms with Gasteiger partial charge in [-0.05, 0) is 38.5 Å². The minimum atomic E-state index is 0. The predicted octanol–water partition coefficient (Wildman–Crippen LogP) is 3.84. The van der Waals surface area contributed by atoms with Gasteiger partial charge in [-0.3, -0.25) is 0 Å². The van der Waals surface area contributed by atoms with Crippen LogP contribution in [0, 0.1) is 0 Å². The summed E-state index contributed by atoms with van der Waals surface area (Å²) >= 11 is 0. The molecule has 208 valence electrons. The molecule has 0 aromatic heterocycles. The summed E-state index contributed by atoms with van der Waals surface area (Å²) in [6, 6.07) is 0. The molecule has 0 amide bonds. The van der Waals surface area contributed by atoms with Crippen LogP contribution in [0.1, 0.15) is 119 Å². The van der Waals surface area contributed by atoms with Crippen LogP contribution in [-0.2, 0) is 43.4 Å². The Morgan fingerprint density at radius 2 is 0.394 bits per heavy atom. The van der Waals surface area contributed by atoms with Crippen LogP contribution in [0.4, 0.5) is 0 Å². The molecule has 0 saturated heterocycles. The number of unbranched alkanes of at least 4 members (excludes halogenated alkanes) is 6. The first kappa shape index (κ1) is 59.3. The predicted molar refractivity (Wildman–Crippen MR) is 136 cm³/mol. The van der Waals surface area contributed by atoms with Crippen LogP contribution in [0.15, 0.2) is 0 Å². The fourth-order valence-corrected chi connectivity index (χ4v) is 0.949. The van der Waals surface area contributed by atoms with E-state index in [4.69, 9.17) is 30.6 Å². The second kappa shape index (κ2) is 93.4. The van der Waals surface area contributed by atoms with Gasteiger partial charge in [0.05, 0.1) is 0 Å². The van der Waals surface area contributed by atoms with Gasteiger partial charge in [0.2, 0.25) is 0 Å². The summed E-state index contributed by atoms with van der Waals surface area (Å²) in [5.41, 5.74) is 0. The normalized spacial score (nSPS) is 7.64. The Hall–Kier alpha value is 1.15. The van der Waals surface area contributed by atoms with E-state index in [1.54, 1.807) is 0 Å². The average Bonchev–Trinajstić information content (AvgIpc) is 2.74. The van der Waals surface area contributed by atoms with Crippen LogP contribution in [0.3, 0.4) is 0 Å². The third-order valence-corrected chi connectivity index (χ3v) is 3.07. The summed E-state index contributed by atoms with van der Waals surface area (Å²) in [5.74, 6) is 0. The van der Waals surface area contributed by atoms with Crippen molar-refractivity contribution in [2.75, 3.05) is 39.6 Å². The molecule has 33 heavy (non-hydrogen) atoms. The number of aliphatic hydroxyl groups excluding tert-OH is 6. The van der Waals surface area contributed by atoms with Crippen LogP contribution >= 0.6 is 0 Å². The first-order valence-electron chi connectivity index (χ1n) is 12.1.